The van der Waals surface area contributed by atoms with Crippen LogP contribution in [-0.2, 0) is 13.7 Å². The summed E-state index contributed by atoms with van der Waals surface area (Å²) in [5.41, 5.74) is 0.590. The summed E-state index contributed by atoms with van der Waals surface area (Å²) in [5, 5.41) is 9.50. The lowest BCUT2D eigenvalue weighted by Crippen LogP contribution is -2.27. The molecule has 0 bridgehead atoms. The van der Waals surface area contributed by atoms with Crippen molar-refractivity contribution in [3.63, 3.8) is 0 Å². The molecule has 2 heterocycles. The van der Waals surface area contributed by atoms with E-state index in [1.807, 2.05) is 31.2 Å². The molecule has 3 aromatic rings. The number of furan rings is 1. The average Bonchev–Trinajstić information content (AvgIpc) is 3.32. The zero-order valence-corrected chi connectivity index (χ0v) is 17.7. The number of carbonyl (C=O) groups is 2. The minimum atomic E-state index is -0.475. The van der Waals surface area contributed by atoms with Gasteiger partial charge in [-0.2, -0.15) is 5.10 Å². The van der Waals surface area contributed by atoms with Gasteiger partial charge in [0.2, 0.25) is 0 Å². The molecule has 2 amide bonds. The molecule has 2 N–H and O–H groups in total. The van der Waals surface area contributed by atoms with E-state index < -0.39 is 5.91 Å². The van der Waals surface area contributed by atoms with Gasteiger partial charge in [0.05, 0.1) is 11.9 Å². The number of rotatable bonds is 8. The third-order valence-corrected chi connectivity index (χ3v) is 4.55. The Hall–Kier alpha value is -3.07. The van der Waals surface area contributed by atoms with Crippen LogP contribution in [0.2, 0.25) is 0 Å². The molecule has 0 aliphatic rings. The molecular weight excluding hydrogens is 440 g/mol. The maximum atomic E-state index is 12.5. The molecule has 8 nitrogen and oxygen atoms in total. The molecule has 9 heteroatoms. The predicted octanol–water partition coefficient (Wildman–Crippen LogP) is 3.75. The van der Waals surface area contributed by atoms with Gasteiger partial charge in [0.1, 0.15) is 23.8 Å². The first-order valence-corrected chi connectivity index (χ1v) is 9.86. The molecule has 2 aromatic heterocycles. The van der Waals surface area contributed by atoms with Gasteiger partial charge in [-0.15, -0.1) is 0 Å². The van der Waals surface area contributed by atoms with Crippen molar-refractivity contribution >= 4 is 33.4 Å². The van der Waals surface area contributed by atoms with Crippen molar-refractivity contribution in [2.24, 2.45) is 7.05 Å². The number of amides is 2. The number of hydrogen-bond acceptors (Lipinski definition) is 5. The number of carbonyl (C=O) groups excluding carboxylic acids is 2. The minimum Gasteiger partial charge on any atom is -0.486 e. The Balaban J connectivity index is 1.63. The first-order chi connectivity index (χ1) is 14.0. The second-order valence-corrected chi connectivity index (χ2v) is 7.16. The molecule has 0 unspecified atom stereocenters. The molecule has 0 aliphatic heterocycles. The fraction of sp³-hybridized carbons (Fsp3) is 0.250. The first-order valence-electron chi connectivity index (χ1n) is 9.06. The molecule has 3 rings (SSSR count). The lowest BCUT2D eigenvalue weighted by molar-refractivity contribution is 0.0945. The van der Waals surface area contributed by atoms with E-state index in [-0.39, 0.29) is 24.0 Å². The molecule has 1 aromatic carbocycles. The zero-order valence-electron chi connectivity index (χ0n) is 16.1. The summed E-state index contributed by atoms with van der Waals surface area (Å²) in [6, 6.07) is 10.6. The van der Waals surface area contributed by atoms with Crippen LogP contribution >= 0.6 is 15.9 Å². The summed E-state index contributed by atoms with van der Waals surface area (Å²) < 4.78 is 13.6. The Labute approximate surface area is 176 Å². The van der Waals surface area contributed by atoms with Crippen LogP contribution in [0.5, 0.6) is 5.75 Å². The smallest absolute Gasteiger partial charge is 0.291 e. The van der Waals surface area contributed by atoms with Crippen LogP contribution in [0.15, 0.2) is 51.5 Å². The first kappa shape index (κ1) is 20.7. The normalized spacial score (nSPS) is 10.6. The molecule has 29 heavy (non-hydrogen) atoms. The van der Waals surface area contributed by atoms with Crippen molar-refractivity contribution in [1.29, 1.82) is 0 Å². The molecular formula is C20H21BrN4O4. The second-order valence-electron chi connectivity index (χ2n) is 6.25. The number of aryl methyl sites for hydroxylation is 1. The Kier molecular flexibility index (Phi) is 6.71. The third-order valence-electron chi connectivity index (χ3n) is 4.02. The van der Waals surface area contributed by atoms with E-state index in [0.717, 1.165) is 10.9 Å². The summed E-state index contributed by atoms with van der Waals surface area (Å²) >= 11 is 3.37. The highest BCUT2D eigenvalue weighted by atomic mass is 79.9. The van der Waals surface area contributed by atoms with Gasteiger partial charge in [-0.05, 0) is 42.8 Å². The SMILES string of the molecule is CCCNC(=O)c1c(NC(=O)c2ccc(COc3ccc(Br)cc3)o2)cnn1C. The standard InChI is InChI=1S/C20H21BrN4O4/c1-3-10-22-20(27)18-16(11-23-25(18)2)24-19(26)17-9-8-15(29-17)12-28-14-6-4-13(21)5-7-14/h4-9,11H,3,10,12H2,1-2H3,(H,22,27)(H,24,26). The number of anilines is 1. The van der Waals surface area contributed by atoms with Gasteiger partial charge in [0.15, 0.2) is 5.76 Å². The molecule has 0 aliphatic carbocycles. The summed E-state index contributed by atoms with van der Waals surface area (Å²) in [7, 11) is 1.64. The van der Waals surface area contributed by atoms with Gasteiger partial charge in [-0.3, -0.25) is 14.3 Å². The van der Waals surface area contributed by atoms with Crippen LogP contribution in [-0.4, -0.2) is 28.1 Å². The zero-order chi connectivity index (χ0) is 20.8. The Morgan fingerprint density at radius 1 is 1.17 bits per heavy atom. The highest BCUT2D eigenvalue weighted by Crippen LogP contribution is 2.19. The van der Waals surface area contributed by atoms with Gasteiger partial charge in [-0.1, -0.05) is 22.9 Å². The van der Waals surface area contributed by atoms with E-state index in [9.17, 15) is 9.59 Å². The molecule has 0 spiro atoms. The second kappa shape index (κ2) is 9.42. The fourth-order valence-electron chi connectivity index (χ4n) is 2.57. The summed E-state index contributed by atoms with van der Waals surface area (Å²) in [6.07, 6.45) is 2.24. The van der Waals surface area contributed by atoms with Crippen molar-refractivity contribution < 1.29 is 18.7 Å². The van der Waals surface area contributed by atoms with Crippen molar-refractivity contribution in [3.8, 4) is 5.75 Å². The van der Waals surface area contributed by atoms with Crippen molar-refractivity contribution in [2.75, 3.05) is 11.9 Å². The number of aromatic nitrogens is 2. The highest BCUT2D eigenvalue weighted by Gasteiger charge is 2.20. The van der Waals surface area contributed by atoms with Gasteiger partial charge in [0, 0.05) is 18.1 Å². The number of hydrogen-bond donors (Lipinski definition) is 2. The highest BCUT2D eigenvalue weighted by molar-refractivity contribution is 9.10. The van der Waals surface area contributed by atoms with Crippen molar-refractivity contribution in [2.45, 2.75) is 20.0 Å². The van der Waals surface area contributed by atoms with E-state index >= 15 is 0 Å². The Bertz CT molecular complexity index is 994. The van der Waals surface area contributed by atoms with E-state index in [1.54, 1.807) is 19.2 Å². The topological polar surface area (TPSA) is 98.4 Å². The largest absolute Gasteiger partial charge is 0.486 e. The van der Waals surface area contributed by atoms with Gasteiger partial charge in [-0.25, -0.2) is 0 Å². The number of halogens is 1. The molecule has 0 fully saturated rings. The lowest BCUT2D eigenvalue weighted by Gasteiger charge is -2.07. The van der Waals surface area contributed by atoms with Crippen LogP contribution in [0.4, 0.5) is 5.69 Å². The van der Waals surface area contributed by atoms with Gasteiger partial charge in [0.25, 0.3) is 11.8 Å². The van der Waals surface area contributed by atoms with Crippen LogP contribution in [0.3, 0.4) is 0 Å². The average molecular weight is 461 g/mol. The number of benzene rings is 1. The lowest BCUT2D eigenvalue weighted by atomic mass is 10.3. The van der Waals surface area contributed by atoms with E-state index in [0.29, 0.717) is 23.7 Å². The summed E-state index contributed by atoms with van der Waals surface area (Å²) in [4.78, 5) is 24.8. The van der Waals surface area contributed by atoms with Crippen molar-refractivity contribution in [1.82, 2.24) is 15.1 Å². The molecule has 0 radical (unpaired) electrons. The summed E-state index contributed by atoms with van der Waals surface area (Å²) in [6.45, 7) is 2.69. The maximum Gasteiger partial charge on any atom is 0.291 e. The van der Waals surface area contributed by atoms with Crippen LogP contribution in [0, 0.1) is 0 Å². The molecule has 0 atom stereocenters. The fourth-order valence-corrected chi connectivity index (χ4v) is 2.83. The number of nitrogens with one attached hydrogen (secondary N) is 2. The third kappa shape index (κ3) is 5.26. The molecule has 0 saturated carbocycles. The number of ether oxygens (including phenoxy) is 1. The quantitative estimate of drug-likeness (QED) is 0.533. The molecule has 152 valence electrons. The molecule has 0 saturated heterocycles. The summed E-state index contributed by atoms with van der Waals surface area (Å²) in [5.74, 6) is 0.532. The van der Waals surface area contributed by atoms with Gasteiger partial charge >= 0.3 is 0 Å². The predicted molar refractivity (Wildman–Crippen MR) is 111 cm³/mol. The Morgan fingerprint density at radius 3 is 2.66 bits per heavy atom. The Morgan fingerprint density at radius 2 is 1.93 bits per heavy atom. The minimum absolute atomic E-state index is 0.114. The van der Waals surface area contributed by atoms with Crippen LogP contribution in [0.1, 0.15) is 40.1 Å². The van der Waals surface area contributed by atoms with Crippen LogP contribution < -0.4 is 15.4 Å². The van der Waals surface area contributed by atoms with Gasteiger partial charge < -0.3 is 19.8 Å². The maximum absolute atomic E-state index is 12.5. The monoisotopic (exact) mass is 460 g/mol. The van der Waals surface area contributed by atoms with E-state index in [2.05, 4.69) is 31.7 Å². The van der Waals surface area contributed by atoms with Crippen LogP contribution in [0.25, 0.3) is 0 Å². The van der Waals surface area contributed by atoms with E-state index in [4.69, 9.17) is 9.15 Å². The van der Waals surface area contributed by atoms with Crippen molar-refractivity contribution in [3.05, 3.63) is 64.3 Å². The number of nitrogens with zero attached hydrogens (tertiary/aromatic N) is 2. The van der Waals surface area contributed by atoms with E-state index in [1.165, 1.54) is 10.9 Å².